The average Bonchev–Trinajstić information content (AvgIpc) is 3.30. The molecule has 0 spiro atoms. The van der Waals surface area contributed by atoms with Crippen molar-refractivity contribution in [2.75, 3.05) is 32.7 Å². The standard InChI is InChI=1S/C23H36ClN5O2S2/c1-4-28(5-2)14-15-29(6-3)33(30,31)21-16-18(12-13-20(21)24)23-27-26-22(32-23)17-25-19-10-8-7-9-11-19/h12-13,16,19,25H,4-11,14-15,17H2,1-3H3. The van der Waals surface area contributed by atoms with Gasteiger partial charge in [-0.15, -0.1) is 10.2 Å². The molecule has 1 aromatic carbocycles. The maximum Gasteiger partial charge on any atom is 0.244 e. The van der Waals surface area contributed by atoms with Crippen molar-refractivity contribution < 1.29 is 8.42 Å². The van der Waals surface area contributed by atoms with Gasteiger partial charge in [-0.2, -0.15) is 4.31 Å². The minimum atomic E-state index is -3.72. The van der Waals surface area contributed by atoms with Gasteiger partial charge in [-0.25, -0.2) is 8.42 Å². The van der Waals surface area contributed by atoms with Gasteiger partial charge in [-0.05, 0) is 38.1 Å². The predicted octanol–water partition coefficient (Wildman–Crippen LogP) is 4.63. The molecule has 2 aromatic rings. The zero-order valence-corrected chi connectivity index (χ0v) is 22.3. The summed E-state index contributed by atoms with van der Waals surface area (Å²) in [5.41, 5.74) is 0.721. The fourth-order valence-electron chi connectivity index (χ4n) is 4.19. The van der Waals surface area contributed by atoms with E-state index in [1.165, 1.54) is 47.7 Å². The number of hydrogen-bond acceptors (Lipinski definition) is 7. The normalized spacial score (nSPS) is 15.6. The highest BCUT2D eigenvalue weighted by atomic mass is 35.5. The number of rotatable bonds is 12. The third-order valence-corrected chi connectivity index (χ3v) is 9.75. The Labute approximate surface area is 207 Å². The van der Waals surface area contributed by atoms with E-state index in [1.54, 1.807) is 12.1 Å². The lowest BCUT2D eigenvalue weighted by Gasteiger charge is -2.25. The third kappa shape index (κ3) is 6.96. The summed E-state index contributed by atoms with van der Waals surface area (Å²) in [6.07, 6.45) is 6.32. The van der Waals surface area contributed by atoms with Gasteiger partial charge >= 0.3 is 0 Å². The van der Waals surface area contributed by atoms with E-state index in [1.807, 2.05) is 13.0 Å². The molecule has 33 heavy (non-hydrogen) atoms. The summed E-state index contributed by atoms with van der Waals surface area (Å²) in [6.45, 7) is 9.98. The van der Waals surface area contributed by atoms with Crippen LogP contribution in [-0.2, 0) is 16.6 Å². The zero-order chi connectivity index (χ0) is 23.8. The largest absolute Gasteiger partial charge is 0.308 e. The van der Waals surface area contributed by atoms with Crippen LogP contribution < -0.4 is 5.32 Å². The van der Waals surface area contributed by atoms with E-state index >= 15 is 0 Å². The van der Waals surface area contributed by atoms with E-state index in [9.17, 15) is 8.42 Å². The summed E-state index contributed by atoms with van der Waals surface area (Å²) in [5.74, 6) is 0. The van der Waals surface area contributed by atoms with E-state index in [2.05, 4.69) is 34.3 Å². The molecule has 1 N–H and O–H groups in total. The van der Waals surface area contributed by atoms with Gasteiger partial charge in [0.25, 0.3) is 0 Å². The average molecular weight is 514 g/mol. The van der Waals surface area contributed by atoms with Crippen molar-refractivity contribution in [2.45, 2.75) is 70.4 Å². The molecule has 0 atom stereocenters. The van der Waals surface area contributed by atoms with Crippen LogP contribution in [-0.4, -0.2) is 66.6 Å². The molecule has 0 aliphatic heterocycles. The van der Waals surface area contributed by atoms with Crippen LogP contribution in [0.3, 0.4) is 0 Å². The van der Waals surface area contributed by atoms with Crippen molar-refractivity contribution in [1.29, 1.82) is 0 Å². The van der Waals surface area contributed by atoms with Crippen molar-refractivity contribution in [2.24, 2.45) is 0 Å². The molecule has 1 aliphatic carbocycles. The van der Waals surface area contributed by atoms with Crippen LogP contribution >= 0.6 is 22.9 Å². The third-order valence-electron chi connectivity index (χ3n) is 6.32. The Morgan fingerprint density at radius 2 is 1.79 bits per heavy atom. The number of nitrogens with one attached hydrogen (secondary N) is 1. The molecule has 0 amide bonds. The van der Waals surface area contributed by atoms with Gasteiger partial charge < -0.3 is 10.2 Å². The van der Waals surface area contributed by atoms with Crippen LogP contribution in [0.15, 0.2) is 23.1 Å². The first-order chi connectivity index (χ1) is 15.9. The maximum atomic E-state index is 13.4. The van der Waals surface area contributed by atoms with Gasteiger partial charge in [0.2, 0.25) is 10.0 Å². The Hall–Kier alpha value is -1.10. The van der Waals surface area contributed by atoms with E-state index < -0.39 is 10.0 Å². The minimum absolute atomic E-state index is 0.125. The molecule has 0 bridgehead atoms. The maximum absolute atomic E-state index is 13.4. The summed E-state index contributed by atoms with van der Waals surface area (Å²) in [4.78, 5) is 2.33. The lowest BCUT2D eigenvalue weighted by atomic mass is 9.96. The van der Waals surface area contributed by atoms with Gasteiger partial charge in [0.05, 0.1) is 5.02 Å². The summed E-state index contributed by atoms with van der Waals surface area (Å²) < 4.78 is 28.3. The molecule has 3 rings (SSSR count). The molecule has 1 fully saturated rings. The van der Waals surface area contributed by atoms with Crippen molar-refractivity contribution in [3.63, 3.8) is 0 Å². The molecule has 1 saturated carbocycles. The Bertz CT molecular complexity index is 988. The fourth-order valence-corrected chi connectivity index (χ4v) is 6.92. The number of likely N-dealkylation sites (N-methyl/N-ethyl adjacent to an activating group) is 2. The Kier molecular flexibility index (Phi) is 10.1. The highest BCUT2D eigenvalue weighted by Gasteiger charge is 2.27. The molecular weight excluding hydrogens is 478 g/mol. The van der Waals surface area contributed by atoms with Crippen molar-refractivity contribution >= 4 is 33.0 Å². The first kappa shape index (κ1) is 26.5. The summed E-state index contributed by atoms with van der Waals surface area (Å²) in [6, 6.07) is 5.64. The Morgan fingerprint density at radius 3 is 2.45 bits per heavy atom. The van der Waals surface area contributed by atoms with Gasteiger partial charge in [0.1, 0.15) is 14.9 Å². The lowest BCUT2D eigenvalue weighted by Crippen LogP contribution is -2.38. The van der Waals surface area contributed by atoms with Crippen LogP contribution in [0.2, 0.25) is 5.02 Å². The molecule has 1 aromatic heterocycles. The summed E-state index contributed by atoms with van der Waals surface area (Å²) >= 11 is 7.86. The fraction of sp³-hybridized carbons (Fsp3) is 0.652. The first-order valence-electron chi connectivity index (χ1n) is 12.0. The second-order valence-electron chi connectivity index (χ2n) is 8.39. The quantitative estimate of drug-likeness (QED) is 0.445. The zero-order valence-electron chi connectivity index (χ0n) is 19.9. The number of halogens is 1. The summed E-state index contributed by atoms with van der Waals surface area (Å²) in [5, 5.41) is 14.1. The molecule has 0 unspecified atom stereocenters. The lowest BCUT2D eigenvalue weighted by molar-refractivity contribution is 0.274. The van der Waals surface area contributed by atoms with Crippen LogP contribution in [0.25, 0.3) is 10.6 Å². The molecule has 0 saturated heterocycles. The first-order valence-corrected chi connectivity index (χ1v) is 14.6. The van der Waals surface area contributed by atoms with E-state index in [0.29, 0.717) is 37.2 Å². The number of hydrogen-bond donors (Lipinski definition) is 1. The SMILES string of the molecule is CCN(CC)CCN(CC)S(=O)(=O)c1cc(-c2nnc(CNC3CCCCC3)s2)ccc1Cl. The highest BCUT2D eigenvalue weighted by Crippen LogP contribution is 2.32. The van der Waals surface area contributed by atoms with Crippen LogP contribution in [0.4, 0.5) is 0 Å². The summed E-state index contributed by atoms with van der Waals surface area (Å²) in [7, 11) is -3.72. The molecule has 1 heterocycles. The second-order valence-corrected chi connectivity index (χ2v) is 11.8. The molecule has 184 valence electrons. The van der Waals surface area contributed by atoms with Gasteiger partial charge in [0, 0.05) is 37.8 Å². The highest BCUT2D eigenvalue weighted by molar-refractivity contribution is 7.89. The molecule has 7 nitrogen and oxygen atoms in total. The van der Waals surface area contributed by atoms with Gasteiger partial charge in [0.15, 0.2) is 0 Å². The van der Waals surface area contributed by atoms with Crippen LogP contribution in [0.5, 0.6) is 0 Å². The van der Waals surface area contributed by atoms with Crippen molar-refractivity contribution in [1.82, 2.24) is 24.7 Å². The molecule has 1 aliphatic rings. The van der Waals surface area contributed by atoms with E-state index in [-0.39, 0.29) is 9.92 Å². The number of nitrogens with zero attached hydrogens (tertiary/aromatic N) is 4. The van der Waals surface area contributed by atoms with Crippen molar-refractivity contribution in [3.05, 3.63) is 28.2 Å². The Morgan fingerprint density at radius 1 is 1.06 bits per heavy atom. The van der Waals surface area contributed by atoms with Crippen LogP contribution in [0, 0.1) is 0 Å². The van der Waals surface area contributed by atoms with Gasteiger partial charge in [-0.1, -0.05) is 69.0 Å². The van der Waals surface area contributed by atoms with E-state index in [0.717, 1.165) is 23.7 Å². The minimum Gasteiger partial charge on any atom is -0.308 e. The number of benzene rings is 1. The predicted molar refractivity (Wildman–Crippen MR) is 136 cm³/mol. The Balaban J connectivity index is 1.75. The molecule has 10 heteroatoms. The van der Waals surface area contributed by atoms with E-state index in [4.69, 9.17) is 11.6 Å². The smallest absolute Gasteiger partial charge is 0.244 e. The monoisotopic (exact) mass is 513 g/mol. The number of aromatic nitrogens is 2. The van der Waals surface area contributed by atoms with Crippen LogP contribution in [0.1, 0.15) is 57.9 Å². The second kappa shape index (κ2) is 12.6. The molecule has 0 radical (unpaired) electrons. The van der Waals surface area contributed by atoms with Gasteiger partial charge in [-0.3, -0.25) is 0 Å². The molecular formula is C23H36ClN5O2S2. The van der Waals surface area contributed by atoms with Crippen molar-refractivity contribution in [3.8, 4) is 10.6 Å². The topological polar surface area (TPSA) is 78.4 Å². The number of sulfonamides is 1.